The van der Waals surface area contributed by atoms with Crippen LogP contribution in [0.25, 0.3) is 0 Å². The average molecular weight is 415 g/mol. The zero-order chi connectivity index (χ0) is 21.8. The molecule has 0 spiro atoms. The Hall–Kier alpha value is -3.87. The van der Waals surface area contributed by atoms with E-state index in [2.05, 4.69) is 20.1 Å². The van der Waals surface area contributed by atoms with Gasteiger partial charge in [0, 0.05) is 49.3 Å². The van der Waals surface area contributed by atoms with Crippen LogP contribution in [0.2, 0.25) is 0 Å². The number of nitrogens with zero attached hydrogens (tertiary/aromatic N) is 3. The summed E-state index contributed by atoms with van der Waals surface area (Å²) in [5.41, 5.74) is 9.32. The van der Waals surface area contributed by atoms with Gasteiger partial charge < -0.3 is 20.9 Å². The molecule has 2 amide bonds. The number of anilines is 3. The minimum absolute atomic E-state index is 0.174. The number of nitrogens with two attached hydrogens (primary N) is 1. The van der Waals surface area contributed by atoms with Crippen LogP contribution in [0.5, 0.6) is 0 Å². The summed E-state index contributed by atoms with van der Waals surface area (Å²) in [6, 6.07) is 18.8. The maximum absolute atomic E-state index is 12.5. The second-order valence-corrected chi connectivity index (χ2v) is 7.61. The van der Waals surface area contributed by atoms with Crippen molar-refractivity contribution in [1.29, 1.82) is 0 Å². The Labute approximate surface area is 181 Å². The Kier molecular flexibility index (Phi) is 5.84. The van der Waals surface area contributed by atoms with Gasteiger partial charge in [0.25, 0.3) is 5.91 Å². The van der Waals surface area contributed by atoms with Crippen molar-refractivity contribution in [3.63, 3.8) is 0 Å². The highest BCUT2D eigenvalue weighted by Crippen LogP contribution is 2.20. The number of carbonyl (C=O) groups excluding carboxylic acids is 2. The van der Waals surface area contributed by atoms with Gasteiger partial charge in [0.05, 0.1) is 5.56 Å². The molecule has 7 nitrogen and oxygen atoms in total. The fourth-order valence-electron chi connectivity index (χ4n) is 3.58. The Bertz CT molecular complexity index is 1050. The Balaban J connectivity index is 1.34. The third-order valence-electron chi connectivity index (χ3n) is 5.44. The third-order valence-corrected chi connectivity index (χ3v) is 5.44. The molecule has 3 N–H and O–H groups in total. The van der Waals surface area contributed by atoms with E-state index in [1.165, 1.54) is 0 Å². The standard InChI is InChI=1S/C24H25N5O2/c1-17-2-7-20(8-3-17)27-24(31)19-6-11-22(26-16-19)29-14-12-28(13-15-29)21-9-4-18(5-10-21)23(25)30/h2-11,16H,12-15H2,1H3,(H2,25,30)(H,27,31). The van der Waals surface area contributed by atoms with Crippen LogP contribution in [-0.2, 0) is 0 Å². The highest BCUT2D eigenvalue weighted by molar-refractivity contribution is 6.04. The van der Waals surface area contributed by atoms with Gasteiger partial charge in [-0.1, -0.05) is 17.7 Å². The van der Waals surface area contributed by atoms with Crippen LogP contribution < -0.4 is 20.9 Å². The highest BCUT2D eigenvalue weighted by Gasteiger charge is 2.19. The predicted octanol–water partition coefficient (Wildman–Crippen LogP) is 3.07. The summed E-state index contributed by atoms with van der Waals surface area (Å²) < 4.78 is 0. The highest BCUT2D eigenvalue weighted by atomic mass is 16.2. The van der Waals surface area contributed by atoms with E-state index in [1.54, 1.807) is 24.4 Å². The van der Waals surface area contributed by atoms with Gasteiger partial charge in [-0.3, -0.25) is 9.59 Å². The molecular weight excluding hydrogens is 390 g/mol. The number of pyridine rings is 1. The van der Waals surface area contributed by atoms with E-state index in [-0.39, 0.29) is 5.91 Å². The smallest absolute Gasteiger partial charge is 0.257 e. The van der Waals surface area contributed by atoms with Gasteiger partial charge >= 0.3 is 0 Å². The average Bonchev–Trinajstić information content (AvgIpc) is 2.81. The molecule has 31 heavy (non-hydrogen) atoms. The van der Waals surface area contributed by atoms with E-state index >= 15 is 0 Å². The van der Waals surface area contributed by atoms with Crippen LogP contribution in [0.3, 0.4) is 0 Å². The van der Waals surface area contributed by atoms with E-state index in [0.29, 0.717) is 11.1 Å². The molecule has 1 aliphatic rings. The molecule has 158 valence electrons. The number of rotatable bonds is 5. The first-order valence-electron chi connectivity index (χ1n) is 10.2. The number of amides is 2. The molecule has 2 heterocycles. The van der Waals surface area contributed by atoms with Crippen molar-refractivity contribution in [3.8, 4) is 0 Å². The SMILES string of the molecule is Cc1ccc(NC(=O)c2ccc(N3CCN(c4ccc(C(N)=O)cc4)CC3)nc2)cc1. The van der Waals surface area contributed by atoms with E-state index in [0.717, 1.165) is 48.9 Å². The monoisotopic (exact) mass is 415 g/mol. The fraction of sp³-hybridized carbons (Fsp3) is 0.208. The van der Waals surface area contributed by atoms with E-state index in [1.807, 2.05) is 49.4 Å². The number of hydrogen-bond acceptors (Lipinski definition) is 5. The maximum Gasteiger partial charge on any atom is 0.257 e. The van der Waals surface area contributed by atoms with Crippen LogP contribution in [-0.4, -0.2) is 43.0 Å². The van der Waals surface area contributed by atoms with Gasteiger partial charge in [-0.25, -0.2) is 4.98 Å². The summed E-state index contributed by atoms with van der Waals surface area (Å²) in [5.74, 6) is 0.265. The number of aryl methyl sites for hydroxylation is 1. The normalized spacial score (nSPS) is 13.7. The third kappa shape index (κ3) is 4.83. The molecule has 0 radical (unpaired) electrons. The summed E-state index contributed by atoms with van der Waals surface area (Å²) in [6.45, 7) is 5.33. The maximum atomic E-state index is 12.5. The second kappa shape index (κ2) is 8.87. The van der Waals surface area contributed by atoms with Gasteiger partial charge in [-0.05, 0) is 55.5 Å². The van der Waals surface area contributed by atoms with Crippen molar-refractivity contribution >= 4 is 29.0 Å². The van der Waals surface area contributed by atoms with Crippen molar-refractivity contribution in [3.05, 3.63) is 83.6 Å². The Morgan fingerprint density at radius 2 is 1.45 bits per heavy atom. The lowest BCUT2D eigenvalue weighted by molar-refractivity contribution is 0.0997. The first-order valence-corrected chi connectivity index (χ1v) is 10.2. The van der Waals surface area contributed by atoms with Gasteiger partial charge in [-0.2, -0.15) is 0 Å². The zero-order valence-corrected chi connectivity index (χ0v) is 17.4. The van der Waals surface area contributed by atoms with Crippen LogP contribution in [0.15, 0.2) is 66.9 Å². The zero-order valence-electron chi connectivity index (χ0n) is 17.4. The van der Waals surface area contributed by atoms with Crippen LogP contribution in [0.4, 0.5) is 17.2 Å². The lowest BCUT2D eigenvalue weighted by Crippen LogP contribution is -2.46. The number of primary amides is 1. The summed E-state index contributed by atoms with van der Waals surface area (Å²) in [5, 5.41) is 2.89. The largest absolute Gasteiger partial charge is 0.368 e. The molecule has 1 aromatic heterocycles. The topological polar surface area (TPSA) is 91.6 Å². The molecule has 0 saturated carbocycles. The van der Waals surface area contributed by atoms with E-state index < -0.39 is 5.91 Å². The number of piperazine rings is 1. The lowest BCUT2D eigenvalue weighted by Gasteiger charge is -2.36. The number of benzene rings is 2. The van der Waals surface area contributed by atoms with Gasteiger partial charge in [0.2, 0.25) is 5.91 Å². The summed E-state index contributed by atoms with van der Waals surface area (Å²) >= 11 is 0. The molecule has 2 aromatic carbocycles. The van der Waals surface area contributed by atoms with Gasteiger partial charge in [-0.15, -0.1) is 0 Å². The molecule has 7 heteroatoms. The molecule has 4 rings (SSSR count). The Morgan fingerprint density at radius 3 is 2.03 bits per heavy atom. The molecule has 3 aromatic rings. The van der Waals surface area contributed by atoms with Crippen molar-refractivity contribution in [1.82, 2.24) is 4.98 Å². The minimum atomic E-state index is -0.418. The molecule has 0 bridgehead atoms. The molecule has 0 atom stereocenters. The van der Waals surface area contributed by atoms with Crippen molar-refractivity contribution in [2.45, 2.75) is 6.92 Å². The first-order chi connectivity index (χ1) is 15.0. The quantitative estimate of drug-likeness (QED) is 0.668. The molecular formula is C24H25N5O2. The summed E-state index contributed by atoms with van der Waals surface area (Å²) in [4.78, 5) is 32.7. The van der Waals surface area contributed by atoms with Crippen LogP contribution in [0, 0.1) is 6.92 Å². The van der Waals surface area contributed by atoms with Crippen molar-refractivity contribution < 1.29 is 9.59 Å². The minimum Gasteiger partial charge on any atom is -0.368 e. The number of nitrogens with one attached hydrogen (secondary N) is 1. The lowest BCUT2D eigenvalue weighted by atomic mass is 10.1. The number of aromatic nitrogens is 1. The number of hydrogen-bond donors (Lipinski definition) is 2. The molecule has 0 unspecified atom stereocenters. The number of carbonyl (C=O) groups is 2. The van der Waals surface area contributed by atoms with Gasteiger partial charge in [0.15, 0.2) is 0 Å². The molecule has 1 aliphatic heterocycles. The van der Waals surface area contributed by atoms with Crippen molar-refractivity contribution in [2.24, 2.45) is 5.73 Å². The van der Waals surface area contributed by atoms with Gasteiger partial charge in [0.1, 0.15) is 5.82 Å². The molecule has 0 aliphatic carbocycles. The van der Waals surface area contributed by atoms with E-state index in [4.69, 9.17) is 5.73 Å². The summed E-state index contributed by atoms with van der Waals surface area (Å²) in [7, 11) is 0. The second-order valence-electron chi connectivity index (χ2n) is 7.61. The summed E-state index contributed by atoms with van der Waals surface area (Å²) in [6.07, 6.45) is 1.62. The Morgan fingerprint density at radius 1 is 0.839 bits per heavy atom. The molecule has 1 saturated heterocycles. The van der Waals surface area contributed by atoms with Crippen LogP contribution >= 0.6 is 0 Å². The first kappa shape index (κ1) is 20.4. The molecule has 1 fully saturated rings. The van der Waals surface area contributed by atoms with Crippen molar-refractivity contribution in [2.75, 3.05) is 41.3 Å². The fourth-order valence-corrected chi connectivity index (χ4v) is 3.58. The van der Waals surface area contributed by atoms with Crippen LogP contribution in [0.1, 0.15) is 26.3 Å². The van der Waals surface area contributed by atoms with E-state index in [9.17, 15) is 9.59 Å². The predicted molar refractivity (Wildman–Crippen MR) is 123 cm³/mol.